The molecule has 8 nitrogen and oxygen atoms in total. The predicted molar refractivity (Wildman–Crippen MR) is 101 cm³/mol. The monoisotopic (exact) mass is 392 g/mol. The summed E-state index contributed by atoms with van der Waals surface area (Å²) in [4.78, 5) is 14.3. The van der Waals surface area contributed by atoms with E-state index in [0.717, 1.165) is 11.1 Å². The number of anilines is 1. The van der Waals surface area contributed by atoms with Crippen molar-refractivity contribution < 1.29 is 17.7 Å². The van der Waals surface area contributed by atoms with Crippen LogP contribution >= 0.6 is 0 Å². The van der Waals surface area contributed by atoms with Crippen LogP contribution in [-0.4, -0.2) is 61.4 Å². The zero-order valence-corrected chi connectivity index (χ0v) is 16.5. The Labute approximate surface area is 159 Å². The highest BCUT2D eigenvalue weighted by molar-refractivity contribution is 7.89. The zero-order chi connectivity index (χ0) is 19.6. The van der Waals surface area contributed by atoms with E-state index in [1.54, 1.807) is 25.1 Å². The lowest BCUT2D eigenvalue weighted by Crippen LogP contribution is -2.50. The van der Waals surface area contributed by atoms with Crippen molar-refractivity contribution in [2.45, 2.75) is 25.7 Å². The fourth-order valence-electron chi connectivity index (χ4n) is 2.95. The van der Waals surface area contributed by atoms with Gasteiger partial charge >= 0.3 is 0 Å². The Hall–Kier alpha value is -2.23. The average molecular weight is 392 g/mol. The quantitative estimate of drug-likeness (QED) is 0.829. The summed E-state index contributed by atoms with van der Waals surface area (Å²) in [5.41, 5.74) is 2.70. The summed E-state index contributed by atoms with van der Waals surface area (Å²) in [5, 5.41) is 6.36. The minimum absolute atomic E-state index is 0.178. The minimum atomic E-state index is -3.52. The van der Waals surface area contributed by atoms with Gasteiger partial charge in [0.1, 0.15) is 0 Å². The van der Waals surface area contributed by atoms with Crippen LogP contribution in [0.3, 0.4) is 0 Å². The van der Waals surface area contributed by atoms with Gasteiger partial charge in [-0.1, -0.05) is 11.2 Å². The Morgan fingerprint density at radius 2 is 1.81 bits per heavy atom. The zero-order valence-electron chi connectivity index (χ0n) is 15.7. The van der Waals surface area contributed by atoms with E-state index in [-0.39, 0.29) is 12.5 Å². The molecule has 0 unspecified atom stereocenters. The highest BCUT2D eigenvalue weighted by atomic mass is 32.2. The van der Waals surface area contributed by atoms with Crippen LogP contribution in [0.15, 0.2) is 33.7 Å². The summed E-state index contributed by atoms with van der Waals surface area (Å²) in [6.45, 7) is 7.50. The van der Waals surface area contributed by atoms with Crippen molar-refractivity contribution in [3.05, 3.63) is 41.1 Å². The largest absolute Gasteiger partial charge is 0.338 e. The van der Waals surface area contributed by atoms with Gasteiger partial charge in [-0.05, 0) is 44.0 Å². The van der Waals surface area contributed by atoms with Crippen LogP contribution in [0.2, 0.25) is 0 Å². The van der Waals surface area contributed by atoms with E-state index in [1.165, 1.54) is 4.31 Å². The third-order valence-electron chi connectivity index (χ3n) is 4.71. The van der Waals surface area contributed by atoms with Crippen molar-refractivity contribution in [3.8, 4) is 0 Å². The van der Waals surface area contributed by atoms with Gasteiger partial charge in [0, 0.05) is 32.2 Å². The molecule has 1 aliphatic rings. The summed E-state index contributed by atoms with van der Waals surface area (Å²) in [6, 6.07) is 6.83. The maximum Gasteiger partial charge on any atom is 0.243 e. The Morgan fingerprint density at radius 3 is 2.41 bits per heavy atom. The molecule has 146 valence electrons. The van der Waals surface area contributed by atoms with E-state index < -0.39 is 10.0 Å². The molecular formula is C18H24N4O4S. The van der Waals surface area contributed by atoms with Crippen molar-refractivity contribution >= 4 is 21.8 Å². The number of hydrogen-bond donors (Lipinski definition) is 1. The Balaban J connectivity index is 1.56. The third kappa shape index (κ3) is 4.55. The number of aryl methyl sites for hydroxylation is 3. The van der Waals surface area contributed by atoms with Crippen LogP contribution in [0.5, 0.6) is 0 Å². The molecule has 0 saturated carbocycles. The Bertz CT molecular complexity index is 931. The second-order valence-electron chi connectivity index (χ2n) is 6.81. The molecule has 9 heteroatoms. The molecule has 0 aliphatic carbocycles. The van der Waals surface area contributed by atoms with Gasteiger partial charge in [0.15, 0.2) is 0 Å². The highest BCUT2D eigenvalue weighted by Crippen LogP contribution is 2.20. The number of rotatable bonds is 5. The van der Waals surface area contributed by atoms with Gasteiger partial charge in [0.2, 0.25) is 21.8 Å². The van der Waals surface area contributed by atoms with Crippen molar-refractivity contribution in [3.63, 3.8) is 0 Å². The molecule has 0 bridgehead atoms. The van der Waals surface area contributed by atoms with Gasteiger partial charge in [-0.2, -0.15) is 4.31 Å². The number of sulfonamides is 1. The Morgan fingerprint density at radius 1 is 1.11 bits per heavy atom. The van der Waals surface area contributed by atoms with Crippen LogP contribution in [0.1, 0.15) is 16.8 Å². The lowest BCUT2D eigenvalue weighted by Gasteiger charge is -2.33. The second kappa shape index (κ2) is 7.79. The minimum Gasteiger partial charge on any atom is -0.338 e. The molecule has 1 saturated heterocycles. The molecule has 1 aliphatic heterocycles. The fraction of sp³-hybridized carbons (Fsp3) is 0.444. The lowest BCUT2D eigenvalue weighted by atomic mass is 10.1. The maximum absolute atomic E-state index is 12.8. The summed E-state index contributed by atoms with van der Waals surface area (Å²) in [6.07, 6.45) is 0. The van der Waals surface area contributed by atoms with Gasteiger partial charge in [-0.15, -0.1) is 0 Å². The van der Waals surface area contributed by atoms with Crippen molar-refractivity contribution in [1.82, 2.24) is 14.4 Å². The number of hydrogen-bond acceptors (Lipinski definition) is 6. The molecule has 27 heavy (non-hydrogen) atoms. The maximum atomic E-state index is 12.8. The van der Waals surface area contributed by atoms with Crippen LogP contribution < -0.4 is 5.32 Å². The van der Waals surface area contributed by atoms with Crippen molar-refractivity contribution in [2.24, 2.45) is 0 Å². The first-order valence-electron chi connectivity index (χ1n) is 8.78. The summed E-state index contributed by atoms with van der Waals surface area (Å²) in [7, 11) is -3.52. The molecule has 1 amide bonds. The van der Waals surface area contributed by atoms with E-state index in [1.807, 2.05) is 24.8 Å². The highest BCUT2D eigenvalue weighted by Gasteiger charge is 2.29. The second-order valence-corrected chi connectivity index (χ2v) is 8.74. The molecule has 0 atom stereocenters. The molecule has 1 fully saturated rings. The summed E-state index contributed by atoms with van der Waals surface area (Å²) < 4.78 is 32.1. The summed E-state index contributed by atoms with van der Waals surface area (Å²) in [5.74, 6) is 0.102. The number of benzene rings is 1. The van der Waals surface area contributed by atoms with Crippen LogP contribution in [0.4, 0.5) is 5.88 Å². The van der Waals surface area contributed by atoms with Crippen molar-refractivity contribution in [1.29, 1.82) is 0 Å². The molecule has 1 aromatic heterocycles. The van der Waals surface area contributed by atoms with Crippen molar-refractivity contribution in [2.75, 3.05) is 38.0 Å². The topological polar surface area (TPSA) is 95.8 Å². The first kappa shape index (κ1) is 19.5. The number of nitrogens with zero attached hydrogens (tertiary/aromatic N) is 3. The van der Waals surface area contributed by atoms with Gasteiger partial charge in [0.05, 0.1) is 17.1 Å². The number of carbonyl (C=O) groups excluding carboxylic acids is 1. The molecule has 0 radical (unpaired) electrons. The molecule has 1 N–H and O–H groups in total. The van der Waals surface area contributed by atoms with E-state index >= 15 is 0 Å². The summed E-state index contributed by atoms with van der Waals surface area (Å²) >= 11 is 0. The van der Waals surface area contributed by atoms with E-state index in [0.29, 0.717) is 42.7 Å². The number of amides is 1. The molecule has 2 aromatic rings. The fourth-order valence-corrected chi connectivity index (χ4v) is 4.46. The molecule has 0 spiro atoms. The molecule has 1 aromatic carbocycles. The van der Waals surface area contributed by atoms with E-state index in [2.05, 4.69) is 10.5 Å². The van der Waals surface area contributed by atoms with E-state index in [4.69, 9.17) is 4.52 Å². The van der Waals surface area contributed by atoms with Gasteiger partial charge in [-0.25, -0.2) is 8.42 Å². The van der Waals surface area contributed by atoms with Crippen LogP contribution in [-0.2, 0) is 14.8 Å². The van der Waals surface area contributed by atoms with Crippen LogP contribution in [0, 0.1) is 20.8 Å². The van der Waals surface area contributed by atoms with Gasteiger partial charge in [-0.3, -0.25) is 15.0 Å². The number of nitrogens with one attached hydrogen (secondary N) is 1. The lowest BCUT2D eigenvalue weighted by molar-refractivity contribution is -0.117. The molecular weight excluding hydrogens is 368 g/mol. The first-order chi connectivity index (χ1) is 12.8. The Kier molecular flexibility index (Phi) is 5.64. The first-order valence-corrected chi connectivity index (χ1v) is 10.2. The standard InChI is InChI=1S/C18H24N4O4S/c1-13-4-5-16(10-14(13)2)27(24,25)22-8-6-21(7-9-22)12-17(23)19-18-11-15(3)20-26-18/h4-5,10-11H,6-9,12H2,1-3H3,(H,19,23). The van der Waals surface area contributed by atoms with Crippen LogP contribution in [0.25, 0.3) is 0 Å². The molecule has 3 rings (SSSR count). The third-order valence-corrected chi connectivity index (χ3v) is 6.60. The smallest absolute Gasteiger partial charge is 0.243 e. The van der Waals surface area contributed by atoms with Gasteiger partial charge < -0.3 is 4.52 Å². The normalized spacial score (nSPS) is 16.4. The van der Waals surface area contributed by atoms with E-state index in [9.17, 15) is 13.2 Å². The number of carbonyl (C=O) groups is 1. The predicted octanol–water partition coefficient (Wildman–Crippen LogP) is 1.54. The SMILES string of the molecule is Cc1cc(NC(=O)CN2CCN(S(=O)(=O)c3ccc(C)c(C)c3)CC2)on1. The number of piperazine rings is 1. The van der Waals surface area contributed by atoms with Gasteiger partial charge in [0.25, 0.3) is 0 Å². The average Bonchev–Trinajstić information content (AvgIpc) is 3.02. The number of aromatic nitrogens is 1. The molecule has 2 heterocycles.